The van der Waals surface area contributed by atoms with E-state index in [2.05, 4.69) is 10.6 Å². The molecule has 1 atom stereocenters. The Balaban J connectivity index is 1.62. The van der Waals surface area contributed by atoms with E-state index < -0.39 is 0 Å². The minimum atomic E-state index is -0.292. The molecule has 0 aliphatic carbocycles. The fraction of sp³-hybridized carbons (Fsp3) is 0.529. The van der Waals surface area contributed by atoms with Gasteiger partial charge in [0.2, 0.25) is 0 Å². The maximum absolute atomic E-state index is 11.8. The van der Waals surface area contributed by atoms with E-state index in [9.17, 15) is 4.79 Å². The number of anilines is 1. The van der Waals surface area contributed by atoms with E-state index in [0.717, 1.165) is 40.1 Å². The number of esters is 1. The largest absolute Gasteiger partial charge is 0.465 e. The molecule has 8 heteroatoms. The summed E-state index contributed by atoms with van der Waals surface area (Å²) in [5, 5.41) is 9.98. The molecule has 25 heavy (non-hydrogen) atoms. The molecule has 5 nitrogen and oxygen atoms in total. The molecular formula is C17H23N3O2S3. The van der Waals surface area contributed by atoms with Crippen LogP contribution in [0.4, 0.5) is 5.13 Å². The van der Waals surface area contributed by atoms with Gasteiger partial charge in [-0.3, -0.25) is 0 Å². The second-order valence-corrected chi connectivity index (χ2v) is 8.89. The number of piperidine rings is 1. The maximum atomic E-state index is 11.8. The van der Waals surface area contributed by atoms with Crippen molar-refractivity contribution in [2.45, 2.75) is 35.9 Å². The molecule has 1 aliphatic heterocycles. The minimum absolute atomic E-state index is 0.292. The van der Waals surface area contributed by atoms with Crippen molar-refractivity contribution in [3.8, 4) is 11.3 Å². The number of carbonyl (C=O) groups is 1. The number of thioether (sulfide) groups is 1. The van der Waals surface area contributed by atoms with Crippen LogP contribution in [0.2, 0.25) is 0 Å². The molecule has 0 aromatic carbocycles. The zero-order valence-corrected chi connectivity index (χ0v) is 16.9. The third kappa shape index (κ3) is 4.75. The summed E-state index contributed by atoms with van der Waals surface area (Å²) in [7, 11) is 1.41. The summed E-state index contributed by atoms with van der Waals surface area (Å²) in [6, 6.07) is 2.51. The number of nitrogens with one attached hydrogen (secondary N) is 2. The van der Waals surface area contributed by atoms with Crippen molar-refractivity contribution in [3.63, 3.8) is 0 Å². The van der Waals surface area contributed by atoms with Crippen LogP contribution in [0.1, 0.15) is 35.4 Å². The molecule has 1 aliphatic rings. The van der Waals surface area contributed by atoms with Crippen LogP contribution >= 0.6 is 34.4 Å². The number of hydrogen-bond acceptors (Lipinski definition) is 8. The Morgan fingerprint density at radius 3 is 3.12 bits per heavy atom. The first-order chi connectivity index (χ1) is 12.2. The highest BCUT2D eigenvalue weighted by molar-refractivity contribution is 8.00. The van der Waals surface area contributed by atoms with Gasteiger partial charge in [0.15, 0.2) is 5.13 Å². The molecule has 3 rings (SSSR count). The summed E-state index contributed by atoms with van der Waals surface area (Å²) in [4.78, 5) is 17.1. The number of ether oxygens (including phenoxy) is 1. The molecule has 0 spiro atoms. The topological polar surface area (TPSA) is 63.2 Å². The van der Waals surface area contributed by atoms with Gasteiger partial charge in [-0.25, -0.2) is 9.78 Å². The zero-order chi connectivity index (χ0) is 17.6. The molecule has 1 fully saturated rings. The summed E-state index contributed by atoms with van der Waals surface area (Å²) < 4.78 is 5.91. The van der Waals surface area contributed by atoms with Crippen LogP contribution in [0.25, 0.3) is 11.3 Å². The first-order valence-corrected chi connectivity index (χ1v) is 11.3. The van der Waals surface area contributed by atoms with Gasteiger partial charge >= 0.3 is 5.97 Å². The summed E-state index contributed by atoms with van der Waals surface area (Å²) >= 11 is 4.70. The van der Waals surface area contributed by atoms with E-state index in [-0.39, 0.29) is 5.97 Å². The Kier molecular flexibility index (Phi) is 6.75. The molecule has 2 aromatic rings. The van der Waals surface area contributed by atoms with Crippen LogP contribution in [0.5, 0.6) is 0 Å². The van der Waals surface area contributed by atoms with Crippen molar-refractivity contribution in [1.29, 1.82) is 0 Å². The van der Waals surface area contributed by atoms with Gasteiger partial charge in [0.05, 0.1) is 17.0 Å². The molecule has 2 N–H and O–H groups in total. The predicted molar refractivity (Wildman–Crippen MR) is 107 cm³/mol. The molecule has 1 unspecified atom stereocenters. The van der Waals surface area contributed by atoms with E-state index >= 15 is 0 Å². The van der Waals surface area contributed by atoms with Gasteiger partial charge in [0.25, 0.3) is 0 Å². The maximum Gasteiger partial charge on any atom is 0.348 e. The van der Waals surface area contributed by atoms with E-state index in [1.807, 2.05) is 17.7 Å². The average molecular weight is 398 g/mol. The fourth-order valence-electron chi connectivity index (χ4n) is 2.91. The van der Waals surface area contributed by atoms with Gasteiger partial charge in [0, 0.05) is 23.5 Å². The van der Waals surface area contributed by atoms with Crippen molar-refractivity contribution in [3.05, 3.63) is 16.3 Å². The summed E-state index contributed by atoms with van der Waals surface area (Å²) in [6.07, 6.45) is 7.03. The third-order valence-electron chi connectivity index (χ3n) is 4.23. The quantitative estimate of drug-likeness (QED) is 0.536. The standard InChI is InChI=1S/C17H23N3O2S3/c1-22-15(21)14-9-12(16(23-2)25-14)13-10-24-17(20-13)19-8-6-11-5-3-4-7-18-11/h9-11,18H,3-8H2,1-2H3,(H,19,20). The van der Waals surface area contributed by atoms with E-state index in [4.69, 9.17) is 9.72 Å². The Labute approximate surface area is 160 Å². The summed E-state index contributed by atoms with van der Waals surface area (Å²) in [6.45, 7) is 2.07. The third-order valence-corrected chi connectivity index (χ3v) is 7.28. The molecule has 1 saturated heterocycles. The van der Waals surface area contributed by atoms with Gasteiger partial charge in [-0.2, -0.15) is 0 Å². The molecular weight excluding hydrogens is 374 g/mol. The van der Waals surface area contributed by atoms with Crippen molar-refractivity contribution in [1.82, 2.24) is 10.3 Å². The van der Waals surface area contributed by atoms with E-state index in [1.54, 1.807) is 23.1 Å². The van der Waals surface area contributed by atoms with Crippen molar-refractivity contribution in [2.75, 3.05) is 31.8 Å². The monoisotopic (exact) mass is 397 g/mol. The lowest BCUT2D eigenvalue weighted by Crippen LogP contribution is -2.35. The van der Waals surface area contributed by atoms with Gasteiger partial charge in [-0.05, 0) is 38.1 Å². The SMILES string of the molecule is COC(=O)c1cc(-c2csc(NCCC3CCCCN3)n2)c(SC)s1. The first-order valence-electron chi connectivity index (χ1n) is 8.40. The van der Waals surface area contributed by atoms with E-state index in [0.29, 0.717) is 10.9 Å². The molecule has 0 saturated carbocycles. The zero-order valence-electron chi connectivity index (χ0n) is 14.5. The smallest absolute Gasteiger partial charge is 0.348 e. The number of hydrogen-bond donors (Lipinski definition) is 2. The second-order valence-electron chi connectivity index (χ2n) is 5.91. The van der Waals surface area contributed by atoms with Gasteiger partial charge in [-0.1, -0.05) is 6.42 Å². The predicted octanol–water partition coefficient (Wildman–Crippen LogP) is 4.32. The summed E-state index contributed by atoms with van der Waals surface area (Å²) in [5.74, 6) is -0.292. The lowest BCUT2D eigenvalue weighted by molar-refractivity contribution is 0.0606. The van der Waals surface area contributed by atoms with Crippen LogP contribution < -0.4 is 10.6 Å². The number of rotatable bonds is 7. The Hall–Kier alpha value is -1.09. The number of thiazole rings is 1. The Morgan fingerprint density at radius 2 is 2.40 bits per heavy atom. The number of carbonyl (C=O) groups excluding carboxylic acids is 1. The molecule has 0 bridgehead atoms. The average Bonchev–Trinajstić information content (AvgIpc) is 3.28. The first kappa shape index (κ1) is 18.7. The van der Waals surface area contributed by atoms with Gasteiger partial charge in [-0.15, -0.1) is 34.4 Å². The lowest BCUT2D eigenvalue weighted by atomic mass is 10.0. The lowest BCUT2D eigenvalue weighted by Gasteiger charge is -2.23. The normalized spacial score (nSPS) is 17.4. The van der Waals surface area contributed by atoms with Crippen LogP contribution in [-0.4, -0.2) is 43.5 Å². The molecule has 2 aromatic heterocycles. The second kappa shape index (κ2) is 9.02. The number of thiophene rings is 1. The van der Waals surface area contributed by atoms with Crippen LogP contribution in [0.3, 0.4) is 0 Å². The minimum Gasteiger partial charge on any atom is -0.465 e. The molecule has 3 heterocycles. The van der Waals surface area contributed by atoms with Crippen LogP contribution in [0, 0.1) is 0 Å². The van der Waals surface area contributed by atoms with Crippen molar-refractivity contribution < 1.29 is 9.53 Å². The highest BCUT2D eigenvalue weighted by Gasteiger charge is 2.18. The molecule has 0 amide bonds. The van der Waals surface area contributed by atoms with Crippen molar-refractivity contribution >= 4 is 45.5 Å². The Bertz CT molecular complexity index is 708. The molecule has 0 radical (unpaired) electrons. The number of aromatic nitrogens is 1. The fourth-order valence-corrected chi connectivity index (χ4v) is 5.45. The van der Waals surface area contributed by atoms with Crippen molar-refractivity contribution in [2.24, 2.45) is 0 Å². The number of methoxy groups -OCH3 is 1. The van der Waals surface area contributed by atoms with Gasteiger partial charge in [0.1, 0.15) is 4.88 Å². The van der Waals surface area contributed by atoms with Crippen LogP contribution in [0.15, 0.2) is 15.7 Å². The van der Waals surface area contributed by atoms with E-state index in [1.165, 1.54) is 37.7 Å². The Morgan fingerprint density at radius 1 is 1.52 bits per heavy atom. The van der Waals surface area contributed by atoms with Gasteiger partial charge < -0.3 is 15.4 Å². The number of nitrogens with zero attached hydrogens (tertiary/aromatic N) is 1. The summed E-state index contributed by atoms with van der Waals surface area (Å²) in [5.41, 5.74) is 1.93. The van der Waals surface area contributed by atoms with Crippen LogP contribution in [-0.2, 0) is 4.74 Å². The highest BCUT2D eigenvalue weighted by Crippen LogP contribution is 2.39. The molecule has 136 valence electrons. The highest BCUT2D eigenvalue weighted by atomic mass is 32.2.